The molecule has 0 amide bonds. The summed E-state index contributed by atoms with van der Waals surface area (Å²) < 4.78 is 0. The number of rotatable bonds is 4. The molecule has 0 aromatic heterocycles. The van der Waals surface area contributed by atoms with Crippen LogP contribution in [0.4, 0.5) is 5.69 Å². The SMILES string of the molecule is N#CCCc1ccc(CC#N)cc1[N+](=O)[O-]. The highest BCUT2D eigenvalue weighted by Gasteiger charge is 2.13. The van der Waals surface area contributed by atoms with Crippen LogP contribution >= 0.6 is 0 Å². The third-order valence-corrected chi connectivity index (χ3v) is 2.14. The molecule has 0 saturated carbocycles. The predicted octanol–water partition coefficient (Wildman–Crippen LogP) is 2.12. The molecule has 16 heavy (non-hydrogen) atoms. The van der Waals surface area contributed by atoms with Gasteiger partial charge in [0.15, 0.2) is 0 Å². The minimum atomic E-state index is -0.479. The Bertz CT molecular complexity index is 483. The topological polar surface area (TPSA) is 90.7 Å². The summed E-state index contributed by atoms with van der Waals surface area (Å²) in [5.74, 6) is 0. The lowest BCUT2D eigenvalue weighted by molar-refractivity contribution is -0.385. The molecule has 0 saturated heterocycles. The second kappa shape index (κ2) is 5.47. The smallest absolute Gasteiger partial charge is 0.258 e. The summed E-state index contributed by atoms with van der Waals surface area (Å²) in [5.41, 5.74) is 1.14. The number of benzene rings is 1. The summed E-state index contributed by atoms with van der Waals surface area (Å²) in [6, 6.07) is 8.58. The van der Waals surface area contributed by atoms with Gasteiger partial charge in [0, 0.05) is 18.1 Å². The number of nitrogens with zero attached hydrogens (tertiary/aromatic N) is 3. The second-order valence-electron chi connectivity index (χ2n) is 3.21. The Hall–Kier alpha value is -2.40. The number of hydrogen-bond acceptors (Lipinski definition) is 4. The summed E-state index contributed by atoms with van der Waals surface area (Å²) in [6.07, 6.45) is 0.761. The molecule has 0 atom stereocenters. The summed E-state index contributed by atoms with van der Waals surface area (Å²) in [5, 5.41) is 27.7. The molecule has 80 valence electrons. The molecule has 1 aromatic carbocycles. The van der Waals surface area contributed by atoms with Crippen molar-refractivity contribution < 1.29 is 4.92 Å². The van der Waals surface area contributed by atoms with E-state index in [4.69, 9.17) is 10.5 Å². The van der Waals surface area contributed by atoms with Crippen LogP contribution in [0.15, 0.2) is 18.2 Å². The highest BCUT2D eigenvalue weighted by molar-refractivity contribution is 5.44. The monoisotopic (exact) mass is 215 g/mol. The highest BCUT2D eigenvalue weighted by atomic mass is 16.6. The van der Waals surface area contributed by atoms with Crippen LogP contribution in [0, 0.1) is 32.8 Å². The Morgan fingerprint density at radius 2 is 2.06 bits per heavy atom. The zero-order valence-corrected chi connectivity index (χ0v) is 8.51. The second-order valence-corrected chi connectivity index (χ2v) is 3.21. The van der Waals surface area contributed by atoms with Gasteiger partial charge in [-0.1, -0.05) is 12.1 Å². The number of nitro groups is 1. The Kier molecular flexibility index (Phi) is 3.99. The van der Waals surface area contributed by atoms with E-state index in [1.165, 1.54) is 6.07 Å². The van der Waals surface area contributed by atoms with E-state index in [2.05, 4.69) is 0 Å². The van der Waals surface area contributed by atoms with E-state index in [9.17, 15) is 10.1 Å². The summed E-state index contributed by atoms with van der Waals surface area (Å²) >= 11 is 0. The van der Waals surface area contributed by atoms with Crippen LogP contribution in [0.25, 0.3) is 0 Å². The first-order valence-corrected chi connectivity index (χ1v) is 4.69. The molecule has 0 aliphatic heterocycles. The summed E-state index contributed by atoms with van der Waals surface area (Å²) in [7, 11) is 0. The zero-order chi connectivity index (χ0) is 12.0. The molecule has 0 fully saturated rings. The van der Waals surface area contributed by atoms with E-state index in [0.717, 1.165) is 0 Å². The van der Waals surface area contributed by atoms with Crippen LogP contribution in [0.5, 0.6) is 0 Å². The third kappa shape index (κ3) is 2.79. The van der Waals surface area contributed by atoms with Crippen molar-refractivity contribution in [1.29, 1.82) is 10.5 Å². The van der Waals surface area contributed by atoms with Crippen LogP contribution in [-0.4, -0.2) is 4.92 Å². The lowest BCUT2D eigenvalue weighted by Crippen LogP contribution is -1.97. The largest absolute Gasteiger partial charge is 0.272 e. The number of nitriles is 2. The first-order chi connectivity index (χ1) is 7.69. The lowest BCUT2D eigenvalue weighted by atomic mass is 10.0. The normalized spacial score (nSPS) is 9.12. The Balaban J connectivity index is 3.06. The average molecular weight is 215 g/mol. The standard InChI is InChI=1S/C11H9N3O2/c12-6-1-2-10-4-3-9(5-7-13)8-11(10)14(15)16/h3-4,8H,1-2,5H2. The molecule has 0 N–H and O–H groups in total. The van der Waals surface area contributed by atoms with Gasteiger partial charge in [-0.3, -0.25) is 10.1 Å². The van der Waals surface area contributed by atoms with Gasteiger partial charge < -0.3 is 0 Å². The quantitative estimate of drug-likeness (QED) is 0.568. The van der Waals surface area contributed by atoms with Crippen LogP contribution in [0.3, 0.4) is 0 Å². The fourth-order valence-electron chi connectivity index (χ4n) is 1.38. The van der Waals surface area contributed by atoms with E-state index in [1.54, 1.807) is 12.1 Å². The van der Waals surface area contributed by atoms with E-state index in [-0.39, 0.29) is 18.5 Å². The van der Waals surface area contributed by atoms with Crippen molar-refractivity contribution in [3.8, 4) is 12.1 Å². The van der Waals surface area contributed by atoms with Crippen molar-refractivity contribution in [1.82, 2.24) is 0 Å². The summed E-state index contributed by atoms with van der Waals surface area (Å²) in [6.45, 7) is 0. The fourth-order valence-corrected chi connectivity index (χ4v) is 1.38. The Labute approximate surface area is 92.7 Å². The van der Waals surface area contributed by atoms with Crippen molar-refractivity contribution in [3.63, 3.8) is 0 Å². The minimum absolute atomic E-state index is 0.0111. The van der Waals surface area contributed by atoms with Gasteiger partial charge in [0.1, 0.15) is 0 Å². The van der Waals surface area contributed by atoms with Crippen LogP contribution in [-0.2, 0) is 12.8 Å². The van der Waals surface area contributed by atoms with Crippen molar-refractivity contribution in [2.45, 2.75) is 19.3 Å². The van der Waals surface area contributed by atoms with Crippen molar-refractivity contribution >= 4 is 5.69 Å². The maximum atomic E-state index is 10.8. The number of hydrogen-bond donors (Lipinski definition) is 0. The molecule has 0 radical (unpaired) electrons. The molecule has 0 bridgehead atoms. The molecule has 1 aromatic rings. The van der Waals surface area contributed by atoms with Crippen LogP contribution in [0.1, 0.15) is 17.5 Å². The van der Waals surface area contributed by atoms with Gasteiger partial charge in [-0.15, -0.1) is 0 Å². The molecule has 0 spiro atoms. The van der Waals surface area contributed by atoms with E-state index in [1.807, 2.05) is 12.1 Å². The van der Waals surface area contributed by atoms with Gasteiger partial charge in [0.05, 0.1) is 23.5 Å². The van der Waals surface area contributed by atoms with Crippen LogP contribution in [0.2, 0.25) is 0 Å². The molecule has 0 aliphatic carbocycles. The molecule has 5 nitrogen and oxygen atoms in total. The molecule has 0 unspecified atom stereocenters. The van der Waals surface area contributed by atoms with E-state index < -0.39 is 4.92 Å². The third-order valence-electron chi connectivity index (χ3n) is 2.14. The van der Waals surface area contributed by atoms with Crippen molar-refractivity contribution in [2.75, 3.05) is 0 Å². The molecule has 5 heteroatoms. The minimum Gasteiger partial charge on any atom is -0.258 e. The van der Waals surface area contributed by atoms with Gasteiger partial charge in [-0.2, -0.15) is 10.5 Å². The average Bonchev–Trinajstić information content (AvgIpc) is 2.27. The molecule has 1 rings (SSSR count). The van der Waals surface area contributed by atoms with Crippen molar-refractivity contribution in [2.24, 2.45) is 0 Å². The van der Waals surface area contributed by atoms with E-state index in [0.29, 0.717) is 17.5 Å². The lowest BCUT2D eigenvalue weighted by Gasteiger charge is -2.02. The van der Waals surface area contributed by atoms with Gasteiger partial charge >= 0.3 is 0 Å². The molecular weight excluding hydrogens is 206 g/mol. The maximum absolute atomic E-state index is 10.8. The predicted molar refractivity (Wildman–Crippen MR) is 56.3 cm³/mol. The van der Waals surface area contributed by atoms with E-state index >= 15 is 0 Å². The fraction of sp³-hybridized carbons (Fsp3) is 0.273. The first kappa shape index (κ1) is 11.7. The number of nitro benzene ring substituents is 1. The van der Waals surface area contributed by atoms with Crippen molar-refractivity contribution in [3.05, 3.63) is 39.4 Å². The molecular formula is C11H9N3O2. The van der Waals surface area contributed by atoms with Gasteiger partial charge in [-0.25, -0.2) is 0 Å². The molecule has 0 heterocycles. The Morgan fingerprint density at radius 1 is 1.31 bits per heavy atom. The number of aryl methyl sites for hydroxylation is 1. The van der Waals surface area contributed by atoms with Gasteiger partial charge in [-0.05, 0) is 12.0 Å². The molecule has 0 aliphatic rings. The van der Waals surface area contributed by atoms with Gasteiger partial charge in [0.2, 0.25) is 0 Å². The zero-order valence-electron chi connectivity index (χ0n) is 8.51. The summed E-state index contributed by atoms with van der Waals surface area (Å²) in [4.78, 5) is 10.3. The highest BCUT2D eigenvalue weighted by Crippen LogP contribution is 2.21. The maximum Gasteiger partial charge on any atom is 0.272 e. The van der Waals surface area contributed by atoms with Crippen LogP contribution < -0.4 is 0 Å². The van der Waals surface area contributed by atoms with Gasteiger partial charge in [0.25, 0.3) is 5.69 Å². The Morgan fingerprint density at radius 3 is 2.62 bits per heavy atom. The first-order valence-electron chi connectivity index (χ1n) is 4.69.